The van der Waals surface area contributed by atoms with Crippen molar-refractivity contribution < 1.29 is 8.78 Å². The smallest absolute Gasteiger partial charge is 0.166 e. The van der Waals surface area contributed by atoms with Crippen LogP contribution in [-0.2, 0) is 0 Å². The van der Waals surface area contributed by atoms with Gasteiger partial charge in [0.15, 0.2) is 29.1 Å². The molecule has 0 fully saturated rings. The third-order valence-corrected chi connectivity index (χ3v) is 11.3. The van der Waals surface area contributed by atoms with Gasteiger partial charge in [-0.2, -0.15) is 0 Å². The molecule has 0 radical (unpaired) electrons. The van der Waals surface area contributed by atoms with Crippen molar-refractivity contribution in [3.63, 3.8) is 0 Å². The monoisotopic (exact) mass is 794 g/mol. The van der Waals surface area contributed by atoms with E-state index in [1.807, 2.05) is 78.9 Å². The Morgan fingerprint density at radius 1 is 0.361 bits per heavy atom. The SMILES string of the molecule is Cc1cc(C)cc(-c2ccc3c(c2)c2cc(-c4cc(C)cc(C)c4)ccc2n3-c2ccc(-c3cccc(F)c3F)cc2-c2nc(-c3ccccc3)nc(-c3ccccc3)n2)c1. The van der Waals surface area contributed by atoms with Gasteiger partial charge in [0.1, 0.15) is 0 Å². The zero-order chi connectivity index (χ0) is 41.8. The van der Waals surface area contributed by atoms with Crippen molar-refractivity contribution in [1.29, 1.82) is 0 Å². The van der Waals surface area contributed by atoms with Gasteiger partial charge in [0, 0.05) is 33.0 Å². The second-order valence-corrected chi connectivity index (χ2v) is 15.9. The van der Waals surface area contributed by atoms with Gasteiger partial charge in [0.25, 0.3) is 0 Å². The fourth-order valence-electron chi connectivity index (χ4n) is 8.66. The molecule has 0 aliphatic rings. The molecule has 0 bridgehead atoms. The van der Waals surface area contributed by atoms with Gasteiger partial charge in [-0.15, -0.1) is 0 Å². The predicted molar refractivity (Wildman–Crippen MR) is 246 cm³/mol. The molecule has 61 heavy (non-hydrogen) atoms. The maximum absolute atomic E-state index is 15.6. The zero-order valence-corrected chi connectivity index (χ0v) is 34.2. The van der Waals surface area contributed by atoms with E-state index in [1.54, 1.807) is 6.07 Å². The Bertz CT molecular complexity index is 3110. The number of aromatic nitrogens is 4. The van der Waals surface area contributed by atoms with E-state index in [2.05, 4.69) is 105 Å². The van der Waals surface area contributed by atoms with Crippen LogP contribution in [0.15, 0.2) is 170 Å². The fourth-order valence-corrected chi connectivity index (χ4v) is 8.66. The summed E-state index contributed by atoms with van der Waals surface area (Å²) in [6.07, 6.45) is 0. The summed E-state index contributed by atoms with van der Waals surface area (Å²) < 4.78 is 32.7. The van der Waals surface area contributed by atoms with Gasteiger partial charge in [0.2, 0.25) is 0 Å². The molecule has 4 nitrogen and oxygen atoms in total. The maximum Gasteiger partial charge on any atom is 0.166 e. The number of nitrogens with zero attached hydrogens (tertiary/aromatic N) is 4. The maximum atomic E-state index is 15.6. The molecule has 0 aliphatic heterocycles. The second-order valence-electron chi connectivity index (χ2n) is 15.9. The molecule has 0 saturated heterocycles. The number of benzene rings is 8. The summed E-state index contributed by atoms with van der Waals surface area (Å²) in [6.45, 7) is 8.52. The van der Waals surface area contributed by atoms with E-state index in [4.69, 9.17) is 15.0 Å². The summed E-state index contributed by atoms with van der Waals surface area (Å²) in [7, 11) is 0. The molecular weight excluding hydrogens is 755 g/mol. The first-order valence-electron chi connectivity index (χ1n) is 20.4. The standard InChI is InChI=1S/C55H40F2N4/c1-33-24-34(2)27-42(26-33)39-18-21-49-45(30-39)46-31-40(43-28-35(3)25-36(4)29-43)19-22-50(46)61(49)51-23-20-41(44-16-11-17-48(56)52(44)57)32-47(51)55-59-53(37-12-7-5-8-13-37)58-54(60-55)38-14-9-6-10-15-38/h5-32H,1-4H3. The van der Waals surface area contributed by atoms with Crippen LogP contribution in [0.1, 0.15) is 22.3 Å². The van der Waals surface area contributed by atoms with Crippen molar-refractivity contribution in [2.24, 2.45) is 0 Å². The van der Waals surface area contributed by atoms with Crippen molar-refractivity contribution in [1.82, 2.24) is 19.5 Å². The molecule has 0 spiro atoms. The van der Waals surface area contributed by atoms with Crippen LogP contribution in [0.2, 0.25) is 0 Å². The molecule has 0 atom stereocenters. The van der Waals surface area contributed by atoms with Gasteiger partial charge >= 0.3 is 0 Å². The number of aryl methyl sites for hydroxylation is 4. The predicted octanol–water partition coefficient (Wildman–Crippen LogP) is 14.5. The number of hydrogen-bond donors (Lipinski definition) is 0. The van der Waals surface area contributed by atoms with Crippen LogP contribution in [0.5, 0.6) is 0 Å². The Morgan fingerprint density at radius 2 is 0.836 bits per heavy atom. The average molecular weight is 795 g/mol. The molecule has 294 valence electrons. The highest BCUT2D eigenvalue weighted by Gasteiger charge is 2.22. The van der Waals surface area contributed by atoms with Crippen LogP contribution in [-0.4, -0.2) is 19.5 Å². The highest BCUT2D eigenvalue weighted by molar-refractivity contribution is 6.12. The van der Waals surface area contributed by atoms with Gasteiger partial charge in [-0.05, 0) is 98.0 Å². The molecule has 0 saturated carbocycles. The molecule has 0 unspecified atom stereocenters. The van der Waals surface area contributed by atoms with Crippen LogP contribution in [0.25, 0.3) is 95.0 Å². The Labute approximate surface area is 353 Å². The van der Waals surface area contributed by atoms with E-state index in [9.17, 15) is 4.39 Å². The fraction of sp³-hybridized carbons (Fsp3) is 0.0727. The molecule has 0 amide bonds. The number of rotatable bonds is 7. The Hall–Kier alpha value is -7.57. The summed E-state index contributed by atoms with van der Waals surface area (Å²) in [5.74, 6) is -0.438. The van der Waals surface area contributed by atoms with Crippen LogP contribution >= 0.6 is 0 Å². The third-order valence-electron chi connectivity index (χ3n) is 11.3. The second kappa shape index (κ2) is 15.2. The molecule has 10 rings (SSSR count). The lowest BCUT2D eigenvalue weighted by Gasteiger charge is -2.17. The summed E-state index contributed by atoms with van der Waals surface area (Å²) in [6, 6.07) is 56.2. The minimum atomic E-state index is -0.915. The highest BCUT2D eigenvalue weighted by atomic mass is 19.2. The number of hydrogen-bond acceptors (Lipinski definition) is 3. The Balaban J connectivity index is 1.29. The molecule has 10 aromatic rings. The number of fused-ring (bicyclic) bond motifs is 3. The van der Waals surface area contributed by atoms with Gasteiger partial charge in [-0.25, -0.2) is 23.7 Å². The van der Waals surface area contributed by atoms with E-state index in [0.717, 1.165) is 66.9 Å². The lowest BCUT2D eigenvalue weighted by molar-refractivity contribution is 0.511. The van der Waals surface area contributed by atoms with E-state index >= 15 is 4.39 Å². The Kier molecular flexibility index (Phi) is 9.41. The zero-order valence-electron chi connectivity index (χ0n) is 34.2. The van der Waals surface area contributed by atoms with Crippen LogP contribution in [0.3, 0.4) is 0 Å². The highest BCUT2D eigenvalue weighted by Crippen LogP contribution is 2.41. The topological polar surface area (TPSA) is 43.6 Å². The van der Waals surface area contributed by atoms with Gasteiger partial charge in [-0.3, -0.25) is 0 Å². The molecule has 6 heteroatoms. The molecular formula is C55H40F2N4. The molecule has 2 aromatic heterocycles. The summed E-state index contributed by atoms with van der Waals surface area (Å²) in [5.41, 5.74) is 15.0. The average Bonchev–Trinajstić information content (AvgIpc) is 3.60. The van der Waals surface area contributed by atoms with Crippen molar-refractivity contribution in [3.8, 4) is 73.2 Å². The summed E-state index contributed by atoms with van der Waals surface area (Å²) >= 11 is 0. The van der Waals surface area contributed by atoms with Crippen molar-refractivity contribution in [3.05, 3.63) is 204 Å². The van der Waals surface area contributed by atoms with E-state index < -0.39 is 11.6 Å². The minimum Gasteiger partial charge on any atom is -0.308 e. The van der Waals surface area contributed by atoms with Crippen LogP contribution < -0.4 is 0 Å². The van der Waals surface area contributed by atoms with Gasteiger partial charge in [-0.1, -0.05) is 150 Å². The van der Waals surface area contributed by atoms with E-state index in [1.165, 1.54) is 28.3 Å². The lowest BCUT2D eigenvalue weighted by atomic mass is 9.97. The van der Waals surface area contributed by atoms with Crippen molar-refractivity contribution in [2.75, 3.05) is 0 Å². The van der Waals surface area contributed by atoms with Crippen molar-refractivity contribution in [2.45, 2.75) is 27.7 Å². The lowest BCUT2D eigenvalue weighted by Crippen LogP contribution is -2.04. The quantitative estimate of drug-likeness (QED) is 0.161. The van der Waals surface area contributed by atoms with Gasteiger partial charge in [0.05, 0.1) is 16.7 Å². The van der Waals surface area contributed by atoms with E-state index in [0.29, 0.717) is 28.6 Å². The van der Waals surface area contributed by atoms with Crippen LogP contribution in [0.4, 0.5) is 8.78 Å². The molecule has 0 N–H and O–H groups in total. The first-order valence-corrected chi connectivity index (χ1v) is 20.4. The molecule has 2 heterocycles. The van der Waals surface area contributed by atoms with Crippen LogP contribution in [0, 0.1) is 39.3 Å². The molecule has 8 aromatic carbocycles. The summed E-state index contributed by atoms with van der Waals surface area (Å²) in [4.78, 5) is 15.2. The number of halogens is 2. The van der Waals surface area contributed by atoms with Crippen molar-refractivity contribution >= 4 is 21.8 Å². The van der Waals surface area contributed by atoms with E-state index in [-0.39, 0.29) is 5.56 Å². The normalized spacial score (nSPS) is 11.4. The first-order chi connectivity index (χ1) is 29.7. The Morgan fingerprint density at radius 3 is 1.34 bits per heavy atom. The molecule has 0 aliphatic carbocycles. The summed E-state index contributed by atoms with van der Waals surface area (Å²) in [5, 5.41) is 2.16. The largest absolute Gasteiger partial charge is 0.308 e. The third kappa shape index (κ3) is 7.06. The minimum absolute atomic E-state index is 0.145. The first kappa shape index (κ1) is 37.7. The van der Waals surface area contributed by atoms with Gasteiger partial charge < -0.3 is 4.57 Å².